The fourth-order valence-corrected chi connectivity index (χ4v) is 7.34. The Morgan fingerprint density at radius 3 is 2.20 bits per heavy atom. The second-order valence-electron chi connectivity index (χ2n) is 14.1. The summed E-state index contributed by atoms with van der Waals surface area (Å²) in [4.78, 5) is 20.7. The van der Waals surface area contributed by atoms with Gasteiger partial charge in [-0.15, -0.1) is 0 Å². The Labute approximate surface area is 270 Å². The van der Waals surface area contributed by atoms with E-state index in [1.807, 2.05) is 21.7 Å². The molecule has 1 amide bonds. The fourth-order valence-electron chi connectivity index (χ4n) is 6.69. The molecule has 0 saturated heterocycles. The largest absolute Gasteiger partial charge is 0.406 e. The lowest BCUT2D eigenvalue weighted by Crippen LogP contribution is -2.54. The number of hydrogen-bond acceptors (Lipinski definition) is 4. The number of ether oxygens (including phenoxy) is 1. The van der Waals surface area contributed by atoms with Crippen LogP contribution in [0.1, 0.15) is 121 Å². The molecule has 6 nitrogen and oxygen atoms in total. The van der Waals surface area contributed by atoms with Gasteiger partial charge in [-0.25, -0.2) is 4.98 Å². The molecule has 1 fully saturated rings. The molecular weight excluding hydrogens is 633 g/mol. The first-order valence-electron chi connectivity index (χ1n) is 16.7. The van der Waals surface area contributed by atoms with Crippen LogP contribution in [0.25, 0.3) is 11.0 Å². The van der Waals surface area contributed by atoms with E-state index in [0.29, 0.717) is 36.0 Å². The van der Waals surface area contributed by atoms with E-state index in [2.05, 4.69) is 41.7 Å². The molecular formula is C34H52BrF3N4O2. The number of fused-ring (bicyclic) bond motifs is 3. The Morgan fingerprint density at radius 2 is 1.59 bits per heavy atom. The highest BCUT2D eigenvalue weighted by molar-refractivity contribution is 9.09. The molecule has 0 atom stereocenters. The second-order valence-corrected chi connectivity index (χ2v) is 14.8. The van der Waals surface area contributed by atoms with Crippen molar-refractivity contribution in [3.05, 3.63) is 24.0 Å². The molecule has 1 saturated carbocycles. The normalized spacial score (nSPS) is 19.7. The number of alkyl halides is 4. The minimum atomic E-state index is -4.46. The Hall–Kier alpha value is -1.81. The number of amides is 1. The molecule has 10 heteroatoms. The van der Waals surface area contributed by atoms with Gasteiger partial charge in [0.15, 0.2) is 0 Å². The number of hydrogen-bond donors (Lipinski definition) is 0. The predicted octanol–water partition coefficient (Wildman–Crippen LogP) is 9.69. The number of rotatable bonds is 16. The zero-order valence-corrected chi connectivity index (χ0v) is 28.5. The van der Waals surface area contributed by atoms with Gasteiger partial charge in [0, 0.05) is 35.8 Å². The molecule has 1 aliphatic heterocycles. The first-order chi connectivity index (χ1) is 21.0. The second kappa shape index (κ2) is 16.1. The lowest BCUT2D eigenvalue weighted by Gasteiger charge is -2.44. The number of aromatic nitrogens is 2. The summed E-state index contributed by atoms with van der Waals surface area (Å²) < 4.78 is 48.1. The predicted molar refractivity (Wildman–Crippen MR) is 175 cm³/mol. The average Bonchev–Trinajstić information content (AvgIpc) is 3.38. The van der Waals surface area contributed by atoms with E-state index >= 15 is 0 Å². The number of pyridine rings is 1. The first-order valence-corrected chi connectivity index (χ1v) is 17.8. The van der Waals surface area contributed by atoms with Crippen molar-refractivity contribution in [1.29, 1.82) is 0 Å². The highest BCUT2D eigenvalue weighted by Gasteiger charge is 2.41. The molecule has 2 aliphatic rings. The molecule has 248 valence electrons. The molecule has 2 aromatic heterocycles. The summed E-state index contributed by atoms with van der Waals surface area (Å²) in [5.74, 6) is -0.0332. The van der Waals surface area contributed by atoms with Gasteiger partial charge in [-0.05, 0) is 55.9 Å². The smallest absolute Gasteiger partial charge is 0.361 e. The van der Waals surface area contributed by atoms with Gasteiger partial charge in [0.2, 0.25) is 0 Å². The topological polar surface area (TPSA) is 50.6 Å². The van der Waals surface area contributed by atoms with Gasteiger partial charge in [0.1, 0.15) is 18.9 Å². The standard InChI is InChI=1S/C34H52BrF3N4O2/c1-33(2,3)18-11-9-7-5-4-6-8-10-12-20-44-25-40-19-17-28-30-29(22-39-31(28)40)32(43)41(23-34(36,37)38)24-42(30)27-15-13-26(21-35)14-16-27/h17,19,22,26-27H,4-16,18,20-21,23-25H2,1-3H3. The van der Waals surface area contributed by atoms with E-state index in [4.69, 9.17) is 4.74 Å². The van der Waals surface area contributed by atoms with Crippen LogP contribution in [0.15, 0.2) is 18.5 Å². The van der Waals surface area contributed by atoms with Crippen molar-refractivity contribution >= 4 is 38.6 Å². The van der Waals surface area contributed by atoms with Crippen molar-refractivity contribution in [2.24, 2.45) is 11.3 Å². The summed E-state index contributed by atoms with van der Waals surface area (Å²) in [7, 11) is 0. The van der Waals surface area contributed by atoms with Crippen LogP contribution in [-0.4, -0.2) is 57.7 Å². The maximum Gasteiger partial charge on any atom is 0.406 e. The number of anilines is 1. The third kappa shape index (κ3) is 10.1. The molecule has 0 aromatic carbocycles. The van der Waals surface area contributed by atoms with Gasteiger partial charge < -0.3 is 19.1 Å². The Bertz CT molecular complexity index is 1190. The van der Waals surface area contributed by atoms with Crippen LogP contribution in [0.2, 0.25) is 0 Å². The molecule has 3 heterocycles. The summed E-state index contributed by atoms with van der Waals surface area (Å²) in [6.45, 7) is 6.65. The third-order valence-corrected chi connectivity index (χ3v) is 10.1. The molecule has 0 unspecified atom stereocenters. The van der Waals surface area contributed by atoms with Crippen molar-refractivity contribution in [3.63, 3.8) is 0 Å². The lowest BCUT2D eigenvalue weighted by atomic mass is 9.86. The maximum absolute atomic E-state index is 13.4. The summed E-state index contributed by atoms with van der Waals surface area (Å²) in [6, 6.07) is 2.00. The molecule has 2 aromatic rings. The number of carbonyl (C=O) groups is 1. The zero-order chi connectivity index (χ0) is 31.7. The Morgan fingerprint density at radius 1 is 0.955 bits per heavy atom. The van der Waals surface area contributed by atoms with Crippen molar-refractivity contribution in [2.75, 3.05) is 30.1 Å². The molecule has 44 heavy (non-hydrogen) atoms. The third-order valence-electron chi connectivity index (χ3n) is 9.18. The molecule has 1 aliphatic carbocycles. The highest BCUT2D eigenvalue weighted by atomic mass is 79.9. The van der Waals surface area contributed by atoms with Crippen molar-refractivity contribution in [2.45, 2.75) is 130 Å². The first kappa shape index (κ1) is 35.1. The quantitative estimate of drug-likeness (QED) is 0.130. The molecule has 0 spiro atoms. The van der Waals surface area contributed by atoms with Crippen LogP contribution < -0.4 is 4.90 Å². The monoisotopic (exact) mass is 684 g/mol. The van der Waals surface area contributed by atoms with Gasteiger partial charge >= 0.3 is 6.18 Å². The van der Waals surface area contributed by atoms with E-state index in [-0.39, 0.29) is 18.3 Å². The van der Waals surface area contributed by atoms with Crippen LogP contribution in [-0.2, 0) is 11.5 Å². The Balaban J connectivity index is 1.29. The summed E-state index contributed by atoms with van der Waals surface area (Å²) in [5, 5.41) is 1.73. The van der Waals surface area contributed by atoms with Gasteiger partial charge in [-0.1, -0.05) is 88.1 Å². The van der Waals surface area contributed by atoms with Gasteiger partial charge in [-0.2, -0.15) is 13.2 Å². The van der Waals surface area contributed by atoms with E-state index < -0.39 is 18.6 Å². The van der Waals surface area contributed by atoms with E-state index in [9.17, 15) is 18.0 Å². The maximum atomic E-state index is 13.4. The molecule has 0 N–H and O–H groups in total. The van der Waals surface area contributed by atoms with Gasteiger partial charge in [-0.3, -0.25) is 4.79 Å². The minimum absolute atomic E-state index is 0.0625. The molecule has 0 radical (unpaired) electrons. The number of nitrogens with zero attached hydrogens (tertiary/aromatic N) is 4. The summed E-state index contributed by atoms with van der Waals surface area (Å²) >= 11 is 3.58. The van der Waals surface area contributed by atoms with E-state index in [0.717, 1.165) is 54.1 Å². The summed E-state index contributed by atoms with van der Waals surface area (Å²) in [5.41, 5.74) is 2.11. The molecule has 0 bridgehead atoms. The van der Waals surface area contributed by atoms with Crippen molar-refractivity contribution in [3.8, 4) is 0 Å². The zero-order valence-electron chi connectivity index (χ0n) is 26.9. The SMILES string of the molecule is CC(C)(C)CCCCCCCCCCCOCn1ccc2c3c(cnc21)C(=O)N(CC(F)(F)F)CN3C1CCC(CBr)CC1. The van der Waals surface area contributed by atoms with Crippen LogP contribution in [0, 0.1) is 11.3 Å². The molecule has 4 rings (SSSR count). The minimum Gasteiger partial charge on any atom is -0.361 e. The van der Waals surface area contributed by atoms with Crippen LogP contribution in [0.3, 0.4) is 0 Å². The van der Waals surface area contributed by atoms with Gasteiger partial charge in [0.05, 0.1) is 17.9 Å². The van der Waals surface area contributed by atoms with Crippen molar-refractivity contribution < 1.29 is 22.7 Å². The van der Waals surface area contributed by atoms with E-state index in [1.54, 1.807) is 0 Å². The highest BCUT2D eigenvalue weighted by Crippen LogP contribution is 2.40. The fraction of sp³-hybridized carbons (Fsp3) is 0.765. The van der Waals surface area contributed by atoms with Crippen LogP contribution >= 0.6 is 15.9 Å². The van der Waals surface area contributed by atoms with Crippen molar-refractivity contribution in [1.82, 2.24) is 14.5 Å². The average molecular weight is 686 g/mol. The number of carbonyl (C=O) groups excluding carboxylic acids is 1. The van der Waals surface area contributed by atoms with Gasteiger partial charge in [0.25, 0.3) is 5.91 Å². The van der Waals surface area contributed by atoms with E-state index in [1.165, 1.54) is 57.6 Å². The van der Waals surface area contributed by atoms with Crippen LogP contribution in [0.5, 0.6) is 0 Å². The number of unbranched alkanes of at least 4 members (excludes halogenated alkanes) is 8. The number of halogens is 4. The summed E-state index contributed by atoms with van der Waals surface area (Å²) in [6.07, 6.45) is 15.4. The Kier molecular flexibility index (Phi) is 12.9. The lowest BCUT2D eigenvalue weighted by molar-refractivity contribution is -0.141. The van der Waals surface area contributed by atoms with Crippen LogP contribution in [0.4, 0.5) is 18.9 Å².